The van der Waals surface area contributed by atoms with Crippen molar-refractivity contribution in [2.45, 2.75) is 19.4 Å². The Kier molecular flexibility index (Phi) is 3.49. The zero-order valence-corrected chi connectivity index (χ0v) is 11.6. The lowest BCUT2D eigenvalue weighted by Crippen LogP contribution is -2.29. The van der Waals surface area contributed by atoms with Gasteiger partial charge in [-0.2, -0.15) is 5.26 Å². The van der Waals surface area contributed by atoms with Crippen molar-refractivity contribution in [3.05, 3.63) is 58.9 Å². The number of benzene rings is 2. The van der Waals surface area contributed by atoms with E-state index in [0.717, 1.165) is 30.8 Å². The predicted octanol–water partition coefficient (Wildman–Crippen LogP) is 3.23. The lowest BCUT2D eigenvalue weighted by atomic mass is 9.99. The summed E-state index contributed by atoms with van der Waals surface area (Å²) in [6.45, 7) is 1.41. The van der Waals surface area contributed by atoms with Crippen LogP contribution < -0.4 is 10.6 Å². The van der Waals surface area contributed by atoms with Crippen molar-refractivity contribution in [1.29, 1.82) is 5.26 Å². The molecule has 0 bridgehead atoms. The summed E-state index contributed by atoms with van der Waals surface area (Å²) in [6.07, 6.45) is 2.08. The maximum absolute atomic E-state index is 13.4. The first-order valence-electron chi connectivity index (χ1n) is 6.99. The van der Waals surface area contributed by atoms with E-state index in [4.69, 9.17) is 11.0 Å². The van der Waals surface area contributed by atoms with Gasteiger partial charge < -0.3 is 10.6 Å². The van der Waals surface area contributed by atoms with E-state index in [1.165, 1.54) is 23.8 Å². The van der Waals surface area contributed by atoms with Gasteiger partial charge in [0.1, 0.15) is 5.82 Å². The average molecular weight is 281 g/mol. The second-order valence-electron chi connectivity index (χ2n) is 5.33. The summed E-state index contributed by atoms with van der Waals surface area (Å²) in [4.78, 5) is 2.17. The number of anilines is 2. The van der Waals surface area contributed by atoms with Crippen LogP contribution in [0.1, 0.15) is 23.1 Å². The minimum Gasteiger partial charge on any atom is -0.399 e. The number of fused-ring (bicyclic) bond motifs is 1. The minimum atomic E-state index is -0.311. The molecule has 0 aromatic heterocycles. The van der Waals surface area contributed by atoms with E-state index in [1.807, 2.05) is 18.2 Å². The topological polar surface area (TPSA) is 53.0 Å². The molecule has 2 aromatic carbocycles. The van der Waals surface area contributed by atoms with Crippen molar-refractivity contribution in [3.63, 3.8) is 0 Å². The van der Waals surface area contributed by atoms with E-state index in [9.17, 15) is 4.39 Å². The lowest BCUT2D eigenvalue weighted by molar-refractivity contribution is 0.622. The zero-order chi connectivity index (χ0) is 14.8. The summed E-state index contributed by atoms with van der Waals surface area (Å²) >= 11 is 0. The summed E-state index contributed by atoms with van der Waals surface area (Å²) in [5.41, 5.74) is 10.2. The molecule has 0 unspecified atom stereocenters. The Balaban J connectivity index is 1.96. The number of hydrogen-bond acceptors (Lipinski definition) is 3. The Morgan fingerprint density at radius 2 is 2.10 bits per heavy atom. The van der Waals surface area contributed by atoms with Crippen molar-refractivity contribution in [3.8, 4) is 6.07 Å². The molecule has 1 aliphatic rings. The van der Waals surface area contributed by atoms with Crippen LogP contribution in [0.3, 0.4) is 0 Å². The molecular formula is C17H16FN3. The van der Waals surface area contributed by atoms with Gasteiger partial charge in [0.25, 0.3) is 0 Å². The Hall–Kier alpha value is -2.54. The highest BCUT2D eigenvalue weighted by atomic mass is 19.1. The number of nitrogens with two attached hydrogens (primary N) is 1. The molecule has 0 saturated carbocycles. The van der Waals surface area contributed by atoms with Gasteiger partial charge in [-0.25, -0.2) is 4.39 Å². The van der Waals surface area contributed by atoms with E-state index < -0.39 is 0 Å². The van der Waals surface area contributed by atoms with E-state index in [1.54, 1.807) is 0 Å². The molecule has 0 fully saturated rings. The van der Waals surface area contributed by atoms with E-state index in [2.05, 4.69) is 11.0 Å². The summed E-state index contributed by atoms with van der Waals surface area (Å²) in [7, 11) is 0. The number of hydrogen-bond donors (Lipinski definition) is 1. The normalized spacial score (nSPS) is 13.6. The molecular weight excluding hydrogens is 265 g/mol. The molecule has 0 radical (unpaired) electrons. The Bertz CT molecular complexity index is 718. The molecule has 2 aromatic rings. The van der Waals surface area contributed by atoms with E-state index >= 15 is 0 Å². The quantitative estimate of drug-likeness (QED) is 0.860. The minimum absolute atomic E-state index is 0.311. The first-order valence-corrected chi connectivity index (χ1v) is 6.99. The molecule has 106 valence electrons. The second-order valence-corrected chi connectivity index (χ2v) is 5.33. The van der Waals surface area contributed by atoms with Crippen LogP contribution in [0, 0.1) is 17.1 Å². The fourth-order valence-electron chi connectivity index (χ4n) is 2.84. The first kappa shape index (κ1) is 13.4. The molecule has 3 nitrogen and oxygen atoms in total. The molecule has 1 heterocycles. The fourth-order valence-corrected chi connectivity index (χ4v) is 2.84. The molecule has 3 rings (SSSR count). The van der Waals surface area contributed by atoms with Crippen LogP contribution in [-0.4, -0.2) is 6.54 Å². The Morgan fingerprint density at radius 1 is 1.24 bits per heavy atom. The highest BCUT2D eigenvalue weighted by molar-refractivity contribution is 5.63. The van der Waals surface area contributed by atoms with Crippen LogP contribution in [-0.2, 0) is 13.0 Å². The lowest BCUT2D eigenvalue weighted by Gasteiger charge is -2.32. The van der Waals surface area contributed by atoms with Crippen LogP contribution in [0.5, 0.6) is 0 Å². The number of nitrogen functional groups attached to an aromatic ring is 1. The van der Waals surface area contributed by atoms with Crippen LogP contribution in [0.2, 0.25) is 0 Å². The Morgan fingerprint density at radius 3 is 2.90 bits per heavy atom. The molecule has 21 heavy (non-hydrogen) atoms. The third-order valence-electron chi connectivity index (χ3n) is 3.87. The predicted molar refractivity (Wildman–Crippen MR) is 81.3 cm³/mol. The third kappa shape index (κ3) is 2.68. The average Bonchev–Trinajstić information content (AvgIpc) is 2.48. The van der Waals surface area contributed by atoms with Crippen molar-refractivity contribution in [2.24, 2.45) is 0 Å². The molecule has 0 spiro atoms. The molecule has 0 saturated heterocycles. The van der Waals surface area contributed by atoms with Crippen LogP contribution in [0.4, 0.5) is 15.8 Å². The summed E-state index contributed by atoms with van der Waals surface area (Å²) < 4.78 is 13.4. The summed E-state index contributed by atoms with van der Waals surface area (Å²) in [5.74, 6) is -0.311. The third-order valence-corrected chi connectivity index (χ3v) is 3.87. The standard InChI is InChI=1S/C17H16FN3/c18-15-5-3-13(10-19)14(8-15)11-21-7-1-2-12-4-6-16(20)9-17(12)21/h3-6,8-9H,1-2,7,11,20H2. The van der Waals surface area contributed by atoms with Gasteiger partial charge in [0, 0.05) is 24.5 Å². The van der Waals surface area contributed by atoms with Gasteiger partial charge in [0.05, 0.1) is 11.6 Å². The van der Waals surface area contributed by atoms with Gasteiger partial charge in [-0.3, -0.25) is 0 Å². The number of nitriles is 1. The van der Waals surface area contributed by atoms with Crippen molar-refractivity contribution >= 4 is 11.4 Å². The fraction of sp³-hybridized carbons (Fsp3) is 0.235. The van der Waals surface area contributed by atoms with E-state index in [0.29, 0.717) is 17.7 Å². The van der Waals surface area contributed by atoms with Gasteiger partial charge in [-0.05, 0) is 54.3 Å². The number of nitrogens with zero attached hydrogens (tertiary/aromatic N) is 2. The maximum Gasteiger partial charge on any atom is 0.123 e. The molecule has 0 amide bonds. The van der Waals surface area contributed by atoms with Crippen LogP contribution in [0.25, 0.3) is 0 Å². The van der Waals surface area contributed by atoms with Gasteiger partial charge in [-0.1, -0.05) is 6.07 Å². The molecule has 2 N–H and O–H groups in total. The summed E-state index contributed by atoms with van der Waals surface area (Å²) in [6, 6.07) is 12.3. The first-order chi connectivity index (χ1) is 10.2. The molecule has 1 aliphatic heterocycles. The van der Waals surface area contributed by atoms with Crippen LogP contribution in [0.15, 0.2) is 36.4 Å². The largest absolute Gasteiger partial charge is 0.399 e. The number of halogens is 1. The smallest absolute Gasteiger partial charge is 0.123 e. The number of aryl methyl sites for hydroxylation is 1. The van der Waals surface area contributed by atoms with Crippen molar-refractivity contribution in [1.82, 2.24) is 0 Å². The van der Waals surface area contributed by atoms with Gasteiger partial charge >= 0.3 is 0 Å². The SMILES string of the molecule is N#Cc1ccc(F)cc1CN1CCCc2ccc(N)cc21. The highest BCUT2D eigenvalue weighted by Crippen LogP contribution is 2.30. The molecule has 4 heteroatoms. The van der Waals surface area contributed by atoms with Crippen LogP contribution >= 0.6 is 0 Å². The maximum atomic E-state index is 13.4. The zero-order valence-electron chi connectivity index (χ0n) is 11.6. The van der Waals surface area contributed by atoms with Gasteiger partial charge in [-0.15, -0.1) is 0 Å². The Labute approximate surface area is 123 Å². The highest BCUT2D eigenvalue weighted by Gasteiger charge is 2.18. The number of rotatable bonds is 2. The second kappa shape index (κ2) is 5.45. The van der Waals surface area contributed by atoms with Gasteiger partial charge in [0.15, 0.2) is 0 Å². The molecule has 0 aliphatic carbocycles. The monoisotopic (exact) mass is 281 g/mol. The van der Waals surface area contributed by atoms with Gasteiger partial charge in [0.2, 0.25) is 0 Å². The van der Waals surface area contributed by atoms with Crippen molar-refractivity contribution < 1.29 is 4.39 Å². The van der Waals surface area contributed by atoms with Crippen molar-refractivity contribution in [2.75, 3.05) is 17.2 Å². The molecule has 0 atom stereocenters. The summed E-state index contributed by atoms with van der Waals surface area (Å²) in [5, 5.41) is 9.17. The van der Waals surface area contributed by atoms with E-state index in [-0.39, 0.29) is 5.82 Å².